The Morgan fingerprint density at radius 2 is 1.80 bits per heavy atom. The molecule has 0 unspecified atom stereocenters. The fourth-order valence-corrected chi connectivity index (χ4v) is 5.90. The maximum absolute atomic E-state index is 14.0. The van der Waals surface area contributed by atoms with Gasteiger partial charge in [-0.15, -0.1) is 0 Å². The molecule has 2 fully saturated rings. The molecule has 2 amide bonds. The number of rotatable bonds is 5. The maximum Gasteiger partial charge on any atom is 0.319 e. The second-order valence-corrected chi connectivity index (χ2v) is 10.5. The molecule has 1 saturated heterocycles. The summed E-state index contributed by atoms with van der Waals surface area (Å²) in [5, 5.41) is 5.46. The summed E-state index contributed by atoms with van der Waals surface area (Å²) >= 11 is 0. The molecule has 2 aromatic carbocycles. The Kier molecular flexibility index (Phi) is 6.95. The number of ether oxygens (including phenoxy) is 2. The lowest BCUT2D eigenvalue weighted by atomic mass is 9.64. The fraction of sp³-hybridized carbons (Fsp3) is 0.519. The van der Waals surface area contributed by atoms with Crippen LogP contribution in [0.5, 0.6) is 11.5 Å². The van der Waals surface area contributed by atoms with Gasteiger partial charge < -0.3 is 20.1 Å². The van der Waals surface area contributed by atoms with E-state index in [1.54, 1.807) is 14.2 Å². The molecule has 0 radical (unpaired) electrons. The van der Waals surface area contributed by atoms with Gasteiger partial charge in [-0.2, -0.15) is 0 Å². The van der Waals surface area contributed by atoms with Crippen LogP contribution in [-0.2, 0) is 5.41 Å². The van der Waals surface area contributed by atoms with Crippen molar-refractivity contribution in [3.63, 3.8) is 0 Å². The number of urea groups is 1. The van der Waals surface area contributed by atoms with E-state index in [2.05, 4.69) is 48.4 Å². The van der Waals surface area contributed by atoms with Gasteiger partial charge in [-0.25, -0.2) is 13.6 Å². The number of carbonyl (C=O) groups is 1. The fourth-order valence-electron chi connectivity index (χ4n) is 5.90. The van der Waals surface area contributed by atoms with Crippen molar-refractivity contribution >= 4 is 11.7 Å². The second-order valence-electron chi connectivity index (χ2n) is 10.5. The van der Waals surface area contributed by atoms with Gasteiger partial charge in [0.15, 0.2) is 11.5 Å². The van der Waals surface area contributed by atoms with E-state index in [0.717, 1.165) is 50.4 Å². The molecule has 0 spiro atoms. The molecule has 4 rings (SSSR count). The van der Waals surface area contributed by atoms with Crippen molar-refractivity contribution in [3.8, 4) is 11.5 Å². The van der Waals surface area contributed by atoms with Crippen LogP contribution < -0.4 is 20.1 Å². The van der Waals surface area contributed by atoms with E-state index >= 15 is 0 Å². The standard InChI is InChI=1S/C27H35F2N3O3/c1-26(2,3)32-13-12-27(17-6-9-22(34-4)23(14-17)35-5)11-10-19(16-24(27)32)30-25(33)31-21-15-18(28)7-8-20(21)29/h6-9,14-15,19,24H,10-13,16H2,1-5H3,(H2,30,31,33)/t19-,24+,27+/m1/s1. The molecule has 0 bridgehead atoms. The zero-order valence-electron chi connectivity index (χ0n) is 21.1. The molecule has 2 aromatic rings. The Bertz CT molecular complexity index is 1090. The predicted molar refractivity (Wildman–Crippen MR) is 132 cm³/mol. The van der Waals surface area contributed by atoms with E-state index in [1.807, 2.05) is 6.07 Å². The Balaban J connectivity index is 1.57. The van der Waals surface area contributed by atoms with Crippen molar-refractivity contribution in [1.82, 2.24) is 10.2 Å². The Labute approximate surface area is 206 Å². The van der Waals surface area contributed by atoms with Crippen molar-refractivity contribution in [3.05, 3.63) is 53.6 Å². The molecule has 2 aliphatic rings. The number of methoxy groups -OCH3 is 2. The quantitative estimate of drug-likeness (QED) is 0.587. The number of hydrogen-bond donors (Lipinski definition) is 2. The SMILES string of the molecule is COc1ccc([C@@]23CC[C@@H](NC(=O)Nc4cc(F)ccc4F)C[C@@H]2N(C(C)(C)C)CC3)cc1OC. The van der Waals surface area contributed by atoms with Gasteiger partial charge in [0.2, 0.25) is 0 Å². The zero-order chi connectivity index (χ0) is 25.4. The highest BCUT2D eigenvalue weighted by atomic mass is 19.1. The molecule has 1 aliphatic heterocycles. The minimum atomic E-state index is -0.674. The van der Waals surface area contributed by atoms with Crippen molar-refractivity contribution in [1.29, 1.82) is 0 Å². The molecular formula is C27H35F2N3O3. The average Bonchev–Trinajstić information content (AvgIpc) is 3.21. The van der Waals surface area contributed by atoms with E-state index in [4.69, 9.17) is 9.47 Å². The van der Waals surface area contributed by atoms with Crippen LogP contribution in [0.1, 0.15) is 52.0 Å². The molecule has 3 atom stereocenters. The summed E-state index contributed by atoms with van der Waals surface area (Å²) in [7, 11) is 3.28. The number of halogens is 2. The third kappa shape index (κ3) is 4.94. The first-order chi connectivity index (χ1) is 16.6. The lowest BCUT2D eigenvalue weighted by Gasteiger charge is -2.48. The second kappa shape index (κ2) is 9.64. The minimum absolute atomic E-state index is 0.0438. The summed E-state index contributed by atoms with van der Waals surface area (Å²) in [4.78, 5) is 15.2. The summed E-state index contributed by atoms with van der Waals surface area (Å²) in [6.07, 6.45) is 3.43. The van der Waals surface area contributed by atoms with Gasteiger partial charge in [0.25, 0.3) is 0 Å². The van der Waals surface area contributed by atoms with Crippen molar-refractivity contribution < 1.29 is 23.0 Å². The first-order valence-electron chi connectivity index (χ1n) is 12.1. The first-order valence-corrected chi connectivity index (χ1v) is 12.1. The molecule has 1 saturated carbocycles. The third-order valence-electron chi connectivity index (χ3n) is 7.59. The lowest BCUT2D eigenvalue weighted by molar-refractivity contribution is 0.0655. The number of nitrogens with zero attached hydrogens (tertiary/aromatic N) is 1. The van der Waals surface area contributed by atoms with Crippen LogP contribution in [0.2, 0.25) is 0 Å². The van der Waals surface area contributed by atoms with Crippen LogP contribution in [0.3, 0.4) is 0 Å². The monoisotopic (exact) mass is 487 g/mol. The van der Waals surface area contributed by atoms with Gasteiger partial charge in [-0.05, 0) is 82.8 Å². The molecule has 2 N–H and O–H groups in total. The summed E-state index contributed by atoms with van der Waals surface area (Å²) < 4.78 is 38.5. The Morgan fingerprint density at radius 3 is 2.49 bits per heavy atom. The highest BCUT2D eigenvalue weighted by Gasteiger charge is 2.54. The first kappa shape index (κ1) is 25.2. The number of likely N-dealkylation sites (tertiary alicyclic amines) is 1. The molecule has 6 nitrogen and oxygen atoms in total. The van der Waals surface area contributed by atoms with Gasteiger partial charge in [-0.1, -0.05) is 6.07 Å². The molecular weight excluding hydrogens is 452 g/mol. The summed E-state index contributed by atoms with van der Waals surface area (Å²) in [5.41, 5.74) is 0.931. The van der Waals surface area contributed by atoms with Crippen LogP contribution in [0.15, 0.2) is 36.4 Å². The number of amides is 2. The topological polar surface area (TPSA) is 62.8 Å². The Morgan fingerprint density at radius 1 is 1.06 bits per heavy atom. The minimum Gasteiger partial charge on any atom is -0.493 e. The van der Waals surface area contributed by atoms with Crippen molar-refractivity contribution in [2.24, 2.45) is 0 Å². The number of anilines is 1. The predicted octanol–water partition coefficient (Wildman–Crippen LogP) is 5.47. The largest absolute Gasteiger partial charge is 0.493 e. The smallest absolute Gasteiger partial charge is 0.319 e. The summed E-state index contributed by atoms with van der Waals surface area (Å²) in [6, 6.07) is 8.77. The number of carbonyl (C=O) groups excluding carboxylic acids is 1. The number of benzene rings is 2. The van der Waals surface area contributed by atoms with E-state index in [0.29, 0.717) is 11.5 Å². The van der Waals surface area contributed by atoms with Crippen LogP contribution >= 0.6 is 0 Å². The van der Waals surface area contributed by atoms with Gasteiger partial charge >= 0.3 is 6.03 Å². The summed E-state index contributed by atoms with van der Waals surface area (Å²) in [6.45, 7) is 7.60. The van der Waals surface area contributed by atoms with Gasteiger partial charge in [0.05, 0.1) is 19.9 Å². The third-order valence-corrected chi connectivity index (χ3v) is 7.59. The highest BCUT2D eigenvalue weighted by molar-refractivity contribution is 5.89. The normalized spacial score (nSPS) is 24.5. The van der Waals surface area contributed by atoms with Gasteiger partial charge in [0.1, 0.15) is 11.6 Å². The molecule has 0 aromatic heterocycles. The van der Waals surface area contributed by atoms with E-state index in [1.165, 1.54) is 5.56 Å². The van der Waals surface area contributed by atoms with Crippen LogP contribution in [0.25, 0.3) is 0 Å². The van der Waals surface area contributed by atoms with Gasteiger partial charge in [0, 0.05) is 29.1 Å². The molecule has 8 heteroatoms. The molecule has 1 heterocycles. The number of nitrogens with one attached hydrogen (secondary N) is 2. The van der Waals surface area contributed by atoms with Crippen molar-refractivity contribution in [2.75, 3.05) is 26.1 Å². The van der Waals surface area contributed by atoms with Crippen LogP contribution in [0, 0.1) is 11.6 Å². The van der Waals surface area contributed by atoms with E-state index < -0.39 is 17.7 Å². The van der Waals surface area contributed by atoms with E-state index in [9.17, 15) is 13.6 Å². The molecule has 35 heavy (non-hydrogen) atoms. The van der Waals surface area contributed by atoms with Crippen LogP contribution in [-0.4, -0.2) is 49.3 Å². The van der Waals surface area contributed by atoms with Gasteiger partial charge in [-0.3, -0.25) is 4.90 Å². The number of fused-ring (bicyclic) bond motifs is 1. The zero-order valence-corrected chi connectivity index (χ0v) is 21.1. The number of hydrogen-bond acceptors (Lipinski definition) is 4. The van der Waals surface area contributed by atoms with Crippen LogP contribution in [0.4, 0.5) is 19.3 Å². The van der Waals surface area contributed by atoms with E-state index in [-0.39, 0.29) is 28.7 Å². The molecule has 190 valence electrons. The Hall–Kier alpha value is -2.87. The molecule has 1 aliphatic carbocycles. The highest BCUT2D eigenvalue weighted by Crippen LogP contribution is 2.52. The average molecular weight is 488 g/mol. The maximum atomic E-state index is 14.0. The summed E-state index contributed by atoms with van der Waals surface area (Å²) in [5.74, 6) is 0.133. The van der Waals surface area contributed by atoms with Crippen molar-refractivity contribution in [2.45, 2.75) is 69.5 Å². The lowest BCUT2D eigenvalue weighted by Crippen LogP contribution is -2.56.